The van der Waals surface area contributed by atoms with Crippen molar-refractivity contribution in [2.24, 2.45) is 0 Å². The molecule has 0 aliphatic heterocycles. The minimum absolute atomic E-state index is 0.0897. The third-order valence-electron chi connectivity index (χ3n) is 5.04. The van der Waals surface area contributed by atoms with Crippen molar-refractivity contribution in [3.63, 3.8) is 0 Å². The summed E-state index contributed by atoms with van der Waals surface area (Å²) in [5.74, 6) is -2.87. The molecular weight excluding hydrogens is 458 g/mol. The highest BCUT2D eigenvalue weighted by molar-refractivity contribution is 6.30. The second-order valence-corrected chi connectivity index (χ2v) is 7.69. The van der Waals surface area contributed by atoms with Crippen LogP contribution in [-0.2, 0) is 12.1 Å². The van der Waals surface area contributed by atoms with E-state index in [0.717, 1.165) is 12.1 Å². The second kappa shape index (κ2) is 9.04. The quantitative estimate of drug-likeness (QED) is 0.422. The maximum absolute atomic E-state index is 14.6. The number of nitrogens with zero attached hydrogens (tertiary/aromatic N) is 5. The van der Waals surface area contributed by atoms with Gasteiger partial charge in [-0.15, -0.1) is 10.2 Å². The van der Waals surface area contributed by atoms with Crippen LogP contribution in [0.2, 0.25) is 5.02 Å². The van der Waals surface area contributed by atoms with Gasteiger partial charge >= 0.3 is 11.8 Å². The van der Waals surface area contributed by atoms with E-state index in [1.807, 2.05) is 0 Å². The Kier molecular flexibility index (Phi) is 6.16. The van der Waals surface area contributed by atoms with E-state index >= 15 is 0 Å². The normalized spacial score (nSPS) is 14.0. The highest BCUT2D eigenvalue weighted by Crippen LogP contribution is 2.30. The topological polar surface area (TPSA) is 119 Å². The van der Waals surface area contributed by atoms with Gasteiger partial charge in [-0.2, -0.15) is 5.10 Å². The summed E-state index contributed by atoms with van der Waals surface area (Å²) >= 11 is 5.86. The number of carbonyl (C=O) groups excluding carboxylic acids is 1. The molecule has 12 heteroatoms. The highest BCUT2D eigenvalue weighted by atomic mass is 35.5. The first-order chi connectivity index (χ1) is 15.8. The zero-order valence-electron chi connectivity index (χ0n) is 17.1. The zero-order valence-corrected chi connectivity index (χ0v) is 17.9. The molecule has 2 aromatic carbocycles. The van der Waals surface area contributed by atoms with E-state index in [2.05, 4.69) is 25.6 Å². The lowest BCUT2D eigenvalue weighted by molar-refractivity contribution is -0.0189. The van der Waals surface area contributed by atoms with Crippen molar-refractivity contribution in [2.45, 2.75) is 25.1 Å². The molecule has 0 bridgehead atoms. The Morgan fingerprint density at radius 3 is 2.67 bits per heavy atom. The smallest absolute Gasteiger partial charge is 0.309 e. The number of benzene rings is 2. The van der Waals surface area contributed by atoms with Crippen molar-refractivity contribution in [3.8, 4) is 11.5 Å². The van der Waals surface area contributed by atoms with Gasteiger partial charge in [0.05, 0.1) is 12.6 Å². The monoisotopic (exact) mass is 474 g/mol. The van der Waals surface area contributed by atoms with Crippen LogP contribution in [0.5, 0.6) is 0 Å². The van der Waals surface area contributed by atoms with E-state index in [4.69, 9.17) is 16.0 Å². The summed E-state index contributed by atoms with van der Waals surface area (Å²) in [5.41, 5.74) is -1.71. The van der Waals surface area contributed by atoms with Gasteiger partial charge in [-0.05, 0) is 37.3 Å². The summed E-state index contributed by atoms with van der Waals surface area (Å²) in [6, 6.07) is 8.22. The molecule has 0 fully saturated rings. The molecule has 2 atom stereocenters. The average Bonchev–Trinajstić information content (AvgIpc) is 3.46. The van der Waals surface area contributed by atoms with Crippen LogP contribution in [-0.4, -0.2) is 42.0 Å². The highest BCUT2D eigenvalue weighted by Gasteiger charge is 2.40. The van der Waals surface area contributed by atoms with Gasteiger partial charge in [-0.3, -0.25) is 4.79 Å². The fourth-order valence-corrected chi connectivity index (χ4v) is 3.39. The van der Waals surface area contributed by atoms with E-state index in [1.54, 1.807) is 24.3 Å². The molecule has 1 amide bonds. The fraction of sp³-hybridized carbons (Fsp3) is 0.190. The van der Waals surface area contributed by atoms with Crippen molar-refractivity contribution in [2.75, 3.05) is 0 Å². The van der Waals surface area contributed by atoms with Gasteiger partial charge in [0.25, 0.3) is 0 Å². The molecular formula is C21H17ClF2N6O3. The minimum Gasteiger partial charge on any atom is -0.412 e. The third kappa shape index (κ3) is 4.73. The maximum Gasteiger partial charge on any atom is 0.309 e. The van der Waals surface area contributed by atoms with Crippen molar-refractivity contribution in [3.05, 3.63) is 83.2 Å². The van der Waals surface area contributed by atoms with E-state index in [-0.39, 0.29) is 23.9 Å². The molecule has 2 heterocycles. The van der Waals surface area contributed by atoms with Gasteiger partial charge < -0.3 is 14.8 Å². The number of hydrogen-bond acceptors (Lipinski definition) is 7. The first-order valence-electron chi connectivity index (χ1n) is 9.67. The van der Waals surface area contributed by atoms with Crippen molar-refractivity contribution in [1.82, 2.24) is 30.3 Å². The van der Waals surface area contributed by atoms with E-state index in [9.17, 15) is 18.7 Å². The lowest BCUT2D eigenvalue weighted by Gasteiger charge is -2.34. The molecule has 0 saturated carbocycles. The van der Waals surface area contributed by atoms with E-state index < -0.39 is 29.2 Å². The van der Waals surface area contributed by atoms with E-state index in [0.29, 0.717) is 16.7 Å². The Balaban J connectivity index is 1.59. The van der Waals surface area contributed by atoms with Gasteiger partial charge in [0, 0.05) is 22.2 Å². The van der Waals surface area contributed by atoms with Crippen LogP contribution in [0, 0.1) is 11.6 Å². The lowest BCUT2D eigenvalue weighted by atomic mass is 9.86. The Hall–Kier alpha value is -3.70. The van der Waals surface area contributed by atoms with Crippen LogP contribution in [0.1, 0.15) is 23.2 Å². The van der Waals surface area contributed by atoms with Crippen LogP contribution in [0.3, 0.4) is 0 Å². The first-order valence-corrected chi connectivity index (χ1v) is 10.0. The van der Waals surface area contributed by atoms with E-state index in [1.165, 1.54) is 24.3 Å². The van der Waals surface area contributed by atoms with Crippen LogP contribution < -0.4 is 5.32 Å². The summed E-state index contributed by atoms with van der Waals surface area (Å²) in [4.78, 5) is 16.5. The number of rotatable bonds is 7. The number of halogens is 3. The predicted octanol–water partition coefficient (Wildman–Crippen LogP) is 2.97. The Labute approximate surface area is 191 Å². The van der Waals surface area contributed by atoms with Crippen molar-refractivity contribution in [1.29, 1.82) is 0 Å². The summed E-state index contributed by atoms with van der Waals surface area (Å²) < 4.78 is 34.7. The number of amides is 1. The number of hydrogen-bond donors (Lipinski definition) is 2. The molecule has 4 rings (SSSR count). The zero-order chi connectivity index (χ0) is 23.6. The largest absolute Gasteiger partial charge is 0.412 e. The van der Waals surface area contributed by atoms with Gasteiger partial charge in [0.1, 0.15) is 29.9 Å². The molecule has 0 spiro atoms. The van der Waals surface area contributed by atoms with Crippen molar-refractivity contribution < 1.29 is 23.1 Å². The standard InChI is InChI=1S/C21H17ClF2N6O3/c1-12(27-18(31)20-29-28-19(33-20)13-2-4-14(22)5-3-13)21(32,9-30-11-25-10-26-30)16-7-6-15(23)8-17(16)24/h2-8,10-12,32H,9H2,1H3,(H,27,31). The van der Waals surface area contributed by atoms with Crippen LogP contribution in [0.4, 0.5) is 8.78 Å². The number of aromatic nitrogens is 5. The molecule has 0 aliphatic rings. The summed E-state index contributed by atoms with van der Waals surface area (Å²) in [5, 5.41) is 26.0. The Morgan fingerprint density at radius 2 is 2.00 bits per heavy atom. The lowest BCUT2D eigenvalue weighted by Crippen LogP contribution is -2.52. The SMILES string of the molecule is CC(NC(=O)c1nnc(-c2ccc(Cl)cc2)o1)C(O)(Cn1cncn1)c1ccc(F)cc1F. The van der Waals surface area contributed by atoms with Gasteiger partial charge in [-0.25, -0.2) is 18.4 Å². The van der Waals surface area contributed by atoms with Gasteiger partial charge in [0.15, 0.2) is 0 Å². The average molecular weight is 475 g/mol. The number of carbonyl (C=O) groups is 1. The molecule has 0 aliphatic carbocycles. The molecule has 170 valence electrons. The van der Waals surface area contributed by atoms with Crippen LogP contribution in [0.15, 0.2) is 59.5 Å². The predicted molar refractivity (Wildman–Crippen MR) is 112 cm³/mol. The second-order valence-electron chi connectivity index (χ2n) is 7.26. The molecule has 2 N–H and O–H groups in total. The molecule has 4 aromatic rings. The third-order valence-corrected chi connectivity index (χ3v) is 5.29. The minimum atomic E-state index is -2.03. The number of aliphatic hydroxyl groups is 1. The van der Waals surface area contributed by atoms with Crippen LogP contribution >= 0.6 is 11.6 Å². The molecule has 9 nitrogen and oxygen atoms in total. The maximum atomic E-state index is 14.6. The van der Waals surface area contributed by atoms with Crippen molar-refractivity contribution >= 4 is 17.5 Å². The summed E-state index contributed by atoms with van der Waals surface area (Å²) in [6.07, 6.45) is 2.55. The summed E-state index contributed by atoms with van der Waals surface area (Å²) in [6.45, 7) is 1.17. The molecule has 33 heavy (non-hydrogen) atoms. The summed E-state index contributed by atoms with van der Waals surface area (Å²) in [7, 11) is 0. The Morgan fingerprint density at radius 1 is 1.24 bits per heavy atom. The van der Waals surface area contributed by atoms with Gasteiger partial charge in [0.2, 0.25) is 5.89 Å². The molecule has 2 aromatic heterocycles. The molecule has 2 unspecified atom stereocenters. The van der Waals surface area contributed by atoms with Crippen LogP contribution in [0.25, 0.3) is 11.5 Å². The first kappa shape index (κ1) is 22.5. The Bertz CT molecular complexity index is 1270. The molecule has 0 radical (unpaired) electrons. The number of nitrogens with one attached hydrogen (secondary N) is 1. The fourth-order valence-electron chi connectivity index (χ4n) is 3.26. The van der Waals surface area contributed by atoms with Gasteiger partial charge in [-0.1, -0.05) is 17.7 Å². The molecule has 0 saturated heterocycles.